The molecule has 0 fully saturated rings. The van der Waals surface area contributed by atoms with Crippen LogP contribution in [0.3, 0.4) is 0 Å². The highest BCUT2D eigenvalue weighted by Gasteiger charge is 1.83. The Labute approximate surface area is 70.5 Å². The number of hydrogen-bond donors (Lipinski definition) is 0. The van der Waals surface area contributed by atoms with Crippen molar-refractivity contribution >= 4 is 9.52 Å². The highest BCUT2D eigenvalue weighted by molar-refractivity contribution is 6.44. The van der Waals surface area contributed by atoms with Crippen molar-refractivity contribution in [2.24, 2.45) is 0 Å². The van der Waals surface area contributed by atoms with E-state index in [1.54, 1.807) is 0 Å². The molecule has 1 aromatic rings. The molecule has 0 N–H and O–H groups in total. The van der Waals surface area contributed by atoms with Gasteiger partial charge in [0.15, 0.2) is 0 Å². The van der Waals surface area contributed by atoms with E-state index >= 15 is 0 Å². The summed E-state index contributed by atoms with van der Waals surface area (Å²) in [6.07, 6.45) is 0. The lowest BCUT2D eigenvalue weighted by Crippen LogP contribution is -1.76. The first-order valence-corrected chi connectivity index (χ1v) is 6.00. The predicted molar refractivity (Wildman–Crippen MR) is 52.5 cm³/mol. The Balaban J connectivity index is 2.82. The lowest BCUT2D eigenvalue weighted by atomic mass is 10.2. The third kappa shape index (κ3) is 2.61. The van der Waals surface area contributed by atoms with E-state index in [9.17, 15) is 0 Å². The average Bonchev–Trinajstić information content (AvgIpc) is 2.04. The van der Waals surface area contributed by atoms with Crippen LogP contribution in [0, 0.1) is 18.4 Å². The maximum absolute atomic E-state index is 3.17. The summed E-state index contributed by atoms with van der Waals surface area (Å²) >= 11 is 0. The quantitative estimate of drug-likeness (QED) is 0.399. The molecule has 0 saturated heterocycles. The van der Waals surface area contributed by atoms with Gasteiger partial charge in [-0.3, -0.25) is 0 Å². The first-order chi connectivity index (χ1) is 5.33. The Morgan fingerprint density at radius 2 is 1.82 bits per heavy atom. The summed E-state index contributed by atoms with van der Waals surface area (Å²) in [6.45, 7) is 4.28. The first kappa shape index (κ1) is 8.10. The van der Waals surface area contributed by atoms with E-state index in [-0.39, 0.29) is 9.52 Å². The van der Waals surface area contributed by atoms with Gasteiger partial charge in [0.1, 0.15) is 9.52 Å². The van der Waals surface area contributed by atoms with Crippen LogP contribution >= 0.6 is 0 Å². The standard InChI is InChI=1S/C10H12Si/c1-9-3-5-10(6-4-9)7-8-11-2/h3-6H,11H2,1-2H3. The van der Waals surface area contributed by atoms with Gasteiger partial charge in [0.25, 0.3) is 0 Å². The van der Waals surface area contributed by atoms with Crippen molar-refractivity contribution < 1.29 is 0 Å². The summed E-state index contributed by atoms with van der Waals surface area (Å²) in [5.41, 5.74) is 5.61. The van der Waals surface area contributed by atoms with Crippen molar-refractivity contribution in [3.05, 3.63) is 35.4 Å². The first-order valence-electron chi connectivity index (χ1n) is 3.88. The Morgan fingerprint density at radius 1 is 1.18 bits per heavy atom. The van der Waals surface area contributed by atoms with Crippen LogP contribution in [0.2, 0.25) is 6.55 Å². The monoisotopic (exact) mass is 160 g/mol. The molecule has 0 bridgehead atoms. The van der Waals surface area contributed by atoms with E-state index in [4.69, 9.17) is 0 Å². The van der Waals surface area contributed by atoms with Crippen LogP contribution in [-0.4, -0.2) is 9.52 Å². The molecule has 1 rings (SSSR count). The van der Waals surface area contributed by atoms with Crippen LogP contribution < -0.4 is 0 Å². The second-order valence-corrected chi connectivity index (χ2v) is 3.58. The Kier molecular flexibility index (Phi) is 2.94. The molecule has 0 aliphatic heterocycles. The van der Waals surface area contributed by atoms with Crippen molar-refractivity contribution in [1.82, 2.24) is 0 Å². The van der Waals surface area contributed by atoms with Gasteiger partial charge in [-0.25, -0.2) is 0 Å². The maximum Gasteiger partial charge on any atom is 0.104 e. The zero-order chi connectivity index (χ0) is 8.10. The van der Waals surface area contributed by atoms with E-state index in [0.29, 0.717) is 0 Å². The van der Waals surface area contributed by atoms with Gasteiger partial charge in [0.2, 0.25) is 0 Å². The van der Waals surface area contributed by atoms with Crippen LogP contribution in [0.5, 0.6) is 0 Å². The largest absolute Gasteiger partial charge is 0.135 e. The van der Waals surface area contributed by atoms with Crippen LogP contribution in [0.15, 0.2) is 24.3 Å². The fraction of sp³-hybridized carbons (Fsp3) is 0.200. The van der Waals surface area contributed by atoms with Crippen molar-refractivity contribution in [2.75, 3.05) is 0 Å². The number of aryl methyl sites for hydroxylation is 1. The minimum Gasteiger partial charge on any atom is -0.135 e. The van der Waals surface area contributed by atoms with Crippen LogP contribution in [-0.2, 0) is 0 Å². The van der Waals surface area contributed by atoms with E-state index in [1.165, 1.54) is 5.56 Å². The minimum atomic E-state index is -0.101. The molecule has 0 radical (unpaired) electrons. The highest BCUT2D eigenvalue weighted by atomic mass is 28.2. The second kappa shape index (κ2) is 4.00. The van der Waals surface area contributed by atoms with E-state index < -0.39 is 0 Å². The third-order valence-corrected chi connectivity index (χ3v) is 1.99. The van der Waals surface area contributed by atoms with Crippen LogP contribution in [0.25, 0.3) is 0 Å². The van der Waals surface area contributed by atoms with Crippen molar-refractivity contribution in [2.45, 2.75) is 13.5 Å². The molecule has 0 heterocycles. The minimum absolute atomic E-state index is 0.101. The molecule has 0 aliphatic rings. The zero-order valence-corrected chi connectivity index (χ0v) is 8.43. The summed E-state index contributed by atoms with van der Waals surface area (Å²) < 4.78 is 0. The number of benzene rings is 1. The van der Waals surface area contributed by atoms with Gasteiger partial charge >= 0.3 is 0 Å². The summed E-state index contributed by atoms with van der Waals surface area (Å²) in [4.78, 5) is 0. The summed E-state index contributed by atoms with van der Waals surface area (Å²) in [6, 6.07) is 8.35. The molecule has 0 nitrogen and oxygen atoms in total. The van der Waals surface area contributed by atoms with Gasteiger partial charge in [0.05, 0.1) is 0 Å². The van der Waals surface area contributed by atoms with Crippen molar-refractivity contribution in [3.63, 3.8) is 0 Å². The molecule has 0 atom stereocenters. The molecule has 1 heteroatoms. The lowest BCUT2D eigenvalue weighted by molar-refractivity contribution is 1.46. The number of hydrogen-bond acceptors (Lipinski definition) is 0. The van der Waals surface area contributed by atoms with E-state index in [1.807, 2.05) is 0 Å². The maximum atomic E-state index is 3.17. The second-order valence-electron chi connectivity index (χ2n) is 2.52. The van der Waals surface area contributed by atoms with Gasteiger partial charge in [-0.05, 0) is 19.1 Å². The van der Waals surface area contributed by atoms with Crippen LogP contribution in [0.1, 0.15) is 11.1 Å². The highest BCUT2D eigenvalue weighted by Crippen LogP contribution is 2.00. The smallest absolute Gasteiger partial charge is 0.104 e. The van der Waals surface area contributed by atoms with Crippen LogP contribution in [0.4, 0.5) is 0 Å². The molecule has 56 valence electrons. The fourth-order valence-corrected chi connectivity index (χ4v) is 1.21. The topological polar surface area (TPSA) is 0 Å². The van der Waals surface area contributed by atoms with Gasteiger partial charge in [0, 0.05) is 5.56 Å². The Morgan fingerprint density at radius 3 is 2.36 bits per heavy atom. The molecule has 0 aromatic heterocycles. The molecule has 11 heavy (non-hydrogen) atoms. The molecular formula is C10H12Si. The predicted octanol–water partition coefficient (Wildman–Crippen LogP) is 1.52. The molecule has 0 unspecified atom stereocenters. The normalized spacial score (nSPS) is 9.64. The molecule has 1 aromatic carbocycles. The summed E-state index contributed by atoms with van der Waals surface area (Å²) in [7, 11) is -0.101. The molecule has 0 aliphatic carbocycles. The lowest BCUT2D eigenvalue weighted by Gasteiger charge is -1.90. The number of rotatable bonds is 0. The van der Waals surface area contributed by atoms with Crippen molar-refractivity contribution in [3.8, 4) is 11.5 Å². The Bertz CT molecular complexity index is 274. The molecule has 0 saturated carbocycles. The van der Waals surface area contributed by atoms with Gasteiger partial charge < -0.3 is 0 Å². The van der Waals surface area contributed by atoms with E-state index in [2.05, 4.69) is 49.2 Å². The summed E-state index contributed by atoms with van der Waals surface area (Å²) in [5, 5.41) is 0. The SMILES string of the molecule is C[SiH2]C#Cc1ccc(C)cc1. The van der Waals surface area contributed by atoms with Crippen molar-refractivity contribution in [1.29, 1.82) is 0 Å². The molecule has 0 spiro atoms. The fourth-order valence-electron chi connectivity index (χ4n) is 0.827. The average molecular weight is 160 g/mol. The van der Waals surface area contributed by atoms with Gasteiger partial charge in [-0.1, -0.05) is 30.2 Å². The van der Waals surface area contributed by atoms with Gasteiger partial charge in [-0.15, -0.1) is 5.54 Å². The molecule has 0 amide bonds. The summed E-state index contributed by atoms with van der Waals surface area (Å²) in [5.74, 6) is 3.13. The Hall–Kier alpha value is -1.00. The van der Waals surface area contributed by atoms with Gasteiger partial charge in [-0.2, -0.15) is 0 Å². The zero-order valence-electron chi connectivity index (χ0n) is 7.02. The molecular weight excluding hydrogens is 148 g/mol. The van der Waals surface area contributed by atoms with E-state index in [0.717, 1.165) is 5.56 Å². The third-order valence-electron chi connectivity index (χ3n) is 1.46.